The highest BCUT2D eigenvalue weighted by Gasteiger charge is 2.21. The molecule has 1 aliphatic heterocycles. The van der Waals surface area contributed by atoms with Crippen molar-refractivity contribution >= 4 is 28.7 Å². The molecule has 19 heavy (non-hydrogen) atoms. The Morgan fingerprint density at radius 2 is 1.84 bits per heavy atom. The summed E-state index contributed by atoms with van der Waals surface area (Å²) in [7, 11) is 0. The Kier molecular flexibility index (Phi) is 5.45. The van der Waals surface area contributed by atoms with Gasteiger partial charge in [0.05, 0.1) is 6.61 Å². The number of hydrogen-bond acceptors (Lipinski definition) is 3. The molecule has 1 amide bonds. The fraction of sp³-hybridized carbons (Fsp3) is 0.500. The predicted molar refractivity (Wildman–Crippen MR) is 83.0 cm³/mol. The van der Waals surface area contributed by atoms with Gasteiger partial charge in [-0.2, -0.15) is 0 Å². The number of piperazine rings is 1. The molecule has 1 saturated heterocycles. The van der Waals surface area contributed by atoms with Gasteiger partial charge in [0.2, 0.25) is 0 Å². The minimum absolute atomic E-state index is 0.184. The first-order chi connectivity index (χ1) is 9.19. The Hall–Kier alpha value is -0.820. The molecular formula is C14H19IN2O2. The van der Waals surface area contributed by atoms with Gasteiger partial charge in [-0.15, -0.1) is 0 Å². The van der Waals surface area contributed by atoms with Crippen molar-refractivity contribution in [1.29, 1.82) is 0 Å². The highest BCUT2D eigenvalue weighted by molar-refractivity contribution is 14.1. The molecular weight excluding hydrogens is 355 g/mol. The van der Waals surface area contributed by atoms with Crippen molar-refractivity contribution in [2.75, 3.05) is 32.8 Å². The lowest BCUT2D eigenvalue weighted by Crippen LogP contribution is -2.48. The Morgan fingerprint density at radius 1 is 1.21 bits per heavy atom. The first-order valence-electron chi connectivity index (χ1n) is 6.57. The SMILES string of the molecule is CCOC(=O)N1CCN(Cc2ccc(I)cc2)CC1. The summed E-state index contributed by atoms with van der Waals surface area (Å²) in [6, 6.07) is 8.59. The standard InChI is InChI=1S/C14H19IN2O2/c1-2-19-14(18)17-9-7-16(8-10-17)11-12-3-5-13(15)6-4-12/h3-6H,2,7-11H2,1H3. The average Bonchev–Trinajstić information content (AvgIpc) is 2.42. The first-order valence-corrected chi connectivity index (χ1v) is 7.65. The number of halogens is 1. The van der Waals surface area contributed by atoms with Gasteiger partial charge in [-0.1, -0.05) is 12.1 Å². The first kappa shape index (κ1) is 14.6. The molecule has 0 saturated carbocycles. The zero-order valence-corrected chi connectivity index (χ0v) is 13.3. The summed E-state index contributed by atoms with van der Waals surface area (Å²) in [5.74, 6) is 0. The van der Waals surface area contributed by atoms with Crippen molar-refractivity contribution in [2.24, 2.45) is 0 Å². The monoisotopic (exact) mass is 374 g/mol. The summed E-state index contributed by atoms with van der Waals surface area (Å²) < 4.78 is 6.27. The topological polar surface area (TPSA) is 32.8 Å². The van der Waals surface area contributed by atoms with Crippen molar-refractivity contribution in [2.45, 2.75) is 13.5 Å². The highest BCUT2D eigenvalue weighted by Crippen LogP contribution is 2.11. The van der Waals surface area contributed by atoms with Crippen LogP contribution in [0, 0.1) is 3.57 Å². The number of carbonyl (C=O) groups is 1. The molecule has 104 valence electrons. The number of rotatable bonds is 3. The molecule has 0 N–H and O–H groups in total. The lowest BCUT2D eigenvalue weighted by Gasteiger charge is -2.34. The van der Waals surface area contributed by atoms with Crippen LogP contribution in [-0.4, -0.2) is 48.7 Å². The van der Waals surface area contributed by atoms with Crippen molar-refractivity contribution < 1.29 is 9.53 Å². The van der Waals surface area contributed by atoms with E-state index < -0.39 is 0 Å². The fourth-order valence-electron chi connectivity index (χ4n) is 2.15. The molecule has 0 unspecified atom stereocenters. The lowest BCUT2D eigenvalue weighted by atomic mass is 10.2. The number of benzene rings is 1. The molecule has 4 nitrogen and oxygen atoms in total. The van der Waals surface area contributed by atoms with Crippen LogP contribution in [0.5, 0.6) is 0 Å². The Bertz CT molecular complexity index is 414. The molecule has 1 aliphatic rings. The molecule has 0 bridgehead atoms. The van der Waals surface area contributed by atoms with Gasteiger partial charge in [-0.05, 0) is 47.2 Å². The largest absolute Gasteiger partial charge is 0.450 e. The van der Waals surface area contributed by atoms with Crippen LogP contribution in [0.3, 0.4) is 0 Å². The van der Waals surface area contributed by atoms with E-state index in [0.717, 1.165) is 32.7 Å². The smallest absolute Gasteiger partial charge is 0.409 e. The van der Waals surface area contributed by atoms with Gasteiger partial charge in [-0.25, -0.2) is 4.79 Å². The van der Waals surface area contributed by atoms with E-state index in [1.165, 1.54) is 9.13 Å². The molecule has 0 spiro atoms. The van der Waals surface area contributed by atoms with E-state index in [1.807, 2.05) is 6.92 Å². The molecule has 1 aromatic rings. The second kappa shape index (κ2) is 7.09. The van der Waals surface area contributed by atoms with E-state index in [-0.39, 0.29) is 6.09 Å². The number of nitrogens with zero attached hydrogens (tertiary/aromatic N) is 2. The summed E-state index contributed by atoms with van der Waals surface area (Å²) in [5.41, 5.74) is 1.32. The van der Waals surface area contributed by atoms with E-state index in [4.69, 9.17) is 4.74 Å². The maximum absolute atomic E-state index is 11.6. The molecule has 5 heteroatoms. The van der Waals surface area contributed by atoms with Crippen LogP contribution in [0.4, 0.5) is 4.79 Å². The van der Waals surface area contributed by atoms with Gasteiger partial charge in [-0.3, -0.25) is 4.90 Å². The summed E-state index contributed by atoms with van der Waals surface area (Å²) in [6.45, 7) is 6.56. The molecule has 0 radical (unpaired) electrons. The van der Waals surface area contributed by atoms with E-state index in [9.17, 15) is 4.79 Å². The van der Waals surface area contributed by atoms with Crippen molar-refractivity contribution in [3.63, 3.8) is 0 Å². The third kappa shape index (κ3) is 4.35. The average molecular weight is 374 g/mol. The second-order valence-electron chi connectivity index (χ2n) is 4.59. The molecule has 0 aromatic heterocycles. The molecule has 1 fully saturated rings. The van der Waals surface area contributed by atoms with Crippen molar-refractivity contribution in [3.8, 4) is 0 Å². The zero-order valence-electron chi connectivity index (χ0n) is 11.1. The van der Waals surface area contributed by atoms with Crippen LogP contribution in [0.2, 0.25) is 0 Å². The summed E-state index contributed by atoms with van der Waals surface area (Å²) in [4.78, 5) is 15.7. The van der Waals surface area contributed by atoms with Crippen LogP contribution < -0.4 is 0 Å². The summed E-state index contributed by atoms with van der Waals surface area (Å²) >= 11 is 2.31. The third-order valence-corrected chi connectivity index (χ3v) is 3.94. The molecule has 2 rings (SSSR count). The number of ether oxygens (including phenoxy) is 1. The van der Waals surface area contributed by atoms with Crippen molar-refractivity contribution in [3.05, 3.63) is 33.4 Å². The van der Waals surface area contributed by atoms with Crippen molar-refractivity contribution in [1.82, 2.24) is 9.80 Å². The summed E-state index contributed by atoms with van der Waals surface area (Å²) in [6.07, 6.45) is -0.184. The van der Waals surface area contributed by atoms with Crippen LogP contribution in [0.15, 0.2) is 24.3 Å². The molecule has 0 aliphatic carbocycles. The predicted octanol–water partition coefficient (Wildman–Crippen LogP) is 2.57. The van der Waals surface area contributed by atoms with E-state index in [2.05, 4.69) is 51.8 Å². The zero-order chi connectivity index (χ0) is 13.7. The summed E-state index contributed by atoms with van der Waals surface area (Å²) in [5, 5.41) is 0. The normalized spacial score (nSPS) is 16.4. The number of hydrogen-bond donors (Lipinski definition) is 0. The van der Waals surface area contributed by atoms with Gasteiger partial charge in [0, 0.05) is 36.3 Å². The third-order valence-electron chi connectivity index (χ3n) is 3.22. The van der Waals surface area contributed by atoms with E-state index >= 15 is 0 Å². The van der Waals surface area contributed by atoms with Gasteiger partial charge in [0.25, 0.3) is 0 Å². The van der Waals surface area contributed by atoms with Crippen LogP contribution in [-0.2, 0) is 11.3 Å². The maximum atomic E-state index is 11.6. The number of amides is 1. The van der Waals surface area contributed by atoms with E-state index in [1.54, 1.807) is 4.90 Å². The Balaban J connectivity index is 1.80. The Labute approximate surface area is 127 Å². The van der Waals surface area contributed by atoms with Gasteiger partial charge < -0.3 is 9.64 Å². The van der Waals surface area contributed by atoms with Crippen LogP contribution in [0.25, 0.3) is 0 Å². The molecule has 1 heterocycles. The fourth-order valence-corrected chi connectivity index (χ4v) is 2.51. The lowest BCUT2D eigenvalue weighted by molar-refractivity contribution is 0.0778. The van der Waals surface area contributed by atoms with E-state index in [0.29, 0.717) is 6.61 Å². The maximum Gasteiger partial charge on any atom is 0.409 e. The number of carbonyl (C=O) groups excluding carboxylic acids is 1. The highest BCUT2D eigenvalue weighted by atomic mass is 127. The van der Waals surface area contributed by atoms with Gasteiger partial charge in [0.15, 0.2) is 0 Å². The van der Waals surface area contributed by atoms with Crippen LogP contribution >= 0.6 is 22.6 Å². The van der Waals surface area contributed by atoms with Gasteiger partial charge >= 0.3 is 6.09 Å². The molecule has 0 atom stereocenters. The quantitative estimate of drug-likeness (QED) is 0.763. The minimum atomic E-state index is -0.184. The van der Waals surface area contributed by atoms with Gasteiger partial charge in [0.1, 0.15) is 0 Å². The minimum Gasteiger partial charge on any atom is -0.450 e. The molecule has 1 aromatic carbocycles. The Morgan fingerprint density at radius 3 is 2.42 bits per heavy atom. The second-order valence-corrected chi connectivity index (χ2v) is 5.83. The van der Waals surface area contributed by atoms with Crippen LogP contribution in [0.1, 0.15) is 12.5 Å².